The van der Waals surface area contributed by atoms with Crippen LogP contribution in [0.3, 0.4) is 0 Å². The van der Waals surface area contributed by atoms with Crippen molar-refractivity contribution in [3.63, 3.8) is 0 Å². The standard InChI is InChI=1S/C15H16N2O6S/c1-8(18)12-9(2)23-15(13(12)14(16)19)17-24(20,21)11-6-4-10(22-3)5-7-11/h4-7,17H,1-3H3,(H2,16,19). The molecule has 8 nitrogen and oxygen atoms in total. The Kier molecular flexibility index (Phi) is 4.65. The lowest BCUT2D eigenvalue weighted by Gasteiger charge is -2.07. The maximum absolute atomic E-state index is 12.4. The van der Waals surface area contributed by atoms with E-state index in [1.165, 1.54) is 45.2 Å². The van der Waals surface area contributed by atoms with E-state index < -0.39 is 21.7 Å². The summed E-state index contributed by atoms with van der Waals surface area (Å²) >= 11 is 0. The van der Waals surface area contributed by atoms with Crippen molar-refractivity contribution >= 4 is 27.6 Å². The lowest BCUT2D eigenvalue weighted by Crippen LogP contribution is -2.19. The van der Waals surface area contributed by atoms with Gasteiger partial charge in [0.2, 0.25) is 5.88 Å². The average molecular weight is 352 g/mol. The number of ether oxygens (including phenoxy) is 1. The molecule has 2 rings (SSSR count). The van der Waals surface area contributed by atoms with E-state index in [-0.39, 0.29) is 27.7 Å². The smallest absolute Gasteiger partial charge is 0.264 e. The predicted octanol–water partition coefficient (Wildman–Crippen LogP) is 1.70. The van der Waals surface area contributed by atoms with Crippen molar-refractivity contribution in [1.29, 1.82) is 0 Å². The van der Waals surface area contributed by atoms with Gasteiger partial charge in [0, 0.05) is 0 Å². The number of nitrogens with one attached hydrogen (secondary N) is 1. The van der Waals surface area contributed by atoms with Gasteiger partial charge in [-0.1, -0.05) is 0 Å². The highest BCUT2D eigenvalue weighted by atomic mass is 32.2. The van der Waals surface area contributed by atoms with Crippen LogP contribution in [-0.2, 0) is 10.0 Å². The van der Waals surface area contributed by atoms with E-state index in [1.807, 2.05) is 0 Å². The SMILES string of the molecule is COc1ccc(S(=O)(=O)Nc2oc(C)c(C(C)=O)c2C(N)=O)cc1. The molecule has 0 spiro atoms. The first-order chi connectivity index (χ1) is 11.2. The van der Waals surface area contributed by atoms with E-state index in [4.69, 9.17) is 14.9 Å². The molecule has 0 saturated carbocycles. The molecular weight excluding hydrogens is 336 g/mol. The lowest BCUT2D eigenvalue weighted by atomic mass is 10.1. The third-order valence-corrected chi connectivity index (χ3v) is 4.63. The van der Waals surface area contributed by atoms with Gasteiger partial charge in [-0.3, -0.25) is 9.59 Å². The van der Waals surface area contributed by atoms with Crippen molar-refractivity contribution in [2.24, 2.45) is 5.73 Å². The number of hydrogen-bond donors (Lipinski definition) is 2. The number of ketones is 1. The van der Waals surface area contributed by atoms with E-state index in [9.17, 15) is 18.0 Å². The van der Waals surface area contributed by atoms with Gasteiger partial charge in [0.15, 0.2) is 5.78 Å². The van der Waals surface area contributed by atoms with Gasteiger partial charge in [-0.15, -0.1) is 0 Å². The van der Waals surface area contributed by atoms with Gasteiger partial charge in [-0.05, 0) is 38.1 Å². The van der Waals surface area contributed by atoms with E-state index in [0.717, 1.165) is 0 Å². The molecule has 3 N–H and O–H groups in total. The zero-order valence-corrected chi connectivity index (χ0v) is 14.1. The Hall–Kier alpha value is -2.81. The molecule has 2 aromatic rings. The van der Waals surface area contributed by atoms with Crippen molar-refractivity contribution in [1.82, 2.24) is 0 Å². The second-order valence-electron chi connectivity index (χ2n) is 4.94. The minimum absolute atomic E-state index is 0.0464. The van der Waals surface area contributed by atoms with Gasteiger partial charge in [0.25, 0.3) is 15.9 Å². The van der Waals surface area contributed by atoms with Crippen LogP contribution >= 0.6 is 0 Å². The Balaban J connectivity index is 2.48. The fraction of sp³-hybridized carbons (Fsp3) is 0.200. The van der Waals surface area contributed by atoms with Gasteiger partial charge >= 0.3 is 0 Å². The molecule has 0 radical (unpaired) electrons. The van der Waals surface area contributed by atoms with Crippen molar-refractivity contribution in [2.45, 2.75) is 18.7 Å². The molecule has 1 aromatic heterocycles. The van der Waals surface area contributed by atoms with Crippen molar-refractivity contribution in [3.05, 3.63) is 41.2 Å². The zero-order valence-electron chi connectivity index (χ0n) is 13.2. The molecule has 0 aliphatic carbocycles. The van der Waals surface area contributed by atoms with Crippen LogP contribution in [0.25, 0.3) is 0 Å². The van der Waals surface area contributed by atoms with E-state index >= 15 is 0 Å². The van der Waals surface area contributed by atoms with Crippen LogP contribution in [0.2, 0.25) is 0 Å². The Morgan fingerprint density at radius 1 is 1.17 bits per heavy atom. The molecule has 1 amide bonds. The largest absolute Gasteiger partial charge is 0.497 e. The van der Waals surface area contributed by atoms with Crippen LogP contribution in [0.15, 0.2) is 33.6 Å². The summed E-state index contributed by atoms with van der Waals surface area (Å²) in [4.78, 5) is 23.2. The van der Waals surface area contributed by atoms with Crippen LogP contribution in [0.5, 0.6) is 5.75 Å². The summed E-state index contributed by atoms with van der Waals surface area (Å²) in [6.45, 7) is 2.67. The number of amides is 1. The molecule has 24 heavy (non-hydrogen) atoms. The summed E-state index contributed by atoms with van der Waals surface area (Å²) in [6, 6.07) is 5.59. The van der Waals surface area contributed by atoms with Crippen LogP contribution < -0.4 is 15.2 Å². The summed E-state index contributed by atoms with van der Waals surface area (Å²) in [5.41, 5.74) is 4.92. The van der Waals surface area contributed by atoms with Crippen molar-refractivity contribution in [2.75, 3.05) is 11.8 Å². The number of nitrogens with two attached hydrogens (primary N) is 1. The minimum atomic E-state index is -4.04. The fourth-order valence-electron chi connectivity index (χ4n) is 2.21. The fourth-order valence-corrected chi connectivity index (χ4v) is 3.21. The summed E-state index contributed by atoms with van der Waals surface area (Å²) in [5.74, 6) is -1.23. The lowest BCUT2D eigenvalue weighted by molar-refractivity contribution is 0.0974. The van der Waals surface area contributed by atoms with Crippen LogP contribution in [-0.4, -0.2) is 27.2 Å². The van der Waals surface area contributed by atoms with Crippen LogP contribution in [0, 0.1) is 6.92 Å². The molecule has 0 unspecified atom stereocenters. The van der Waals surface area contributed by atoms with Crippen molar-refractivity contribution < 1.29 is 27.2 Å². The normalized spacial score (nSPS) is 11.1. The van der Waals surface area contributed by atoms with Gasteiger partial charge in [0.1, 0.15) is 17.1 Å². The number of carbonyl (C=O) groups is 2. The highest BCUT2D eigenvalue weighted by molar-refractivity contribution is 7.92. The Morgan fingerprint density at radius 2 is 1.75 bits per heavy atom. The first-order valence-electron chi connectivity index (χ1n) is 6.78. The topological polar surface area (TPSA) is 129 Å². The molecule has 0 saturated heterocycles. The summed E-state index contributed by atoms with van der Waals surface area (Å²) in [6.07, 6.45) is 0. The summed E-state index contributed by atoms with van der Waals surface area (Å²) in [5, 5.41) is 0. The predicted molar refractivity (Wildman–Crippen MR) is 85.8 cm³/mol. The Bertz CT molecular complexity index is 897. The first kappa shape index (κ1) is 17.5. The molecule has 0 aliphatic heterocycles. The molecule has 9 heteroatoms. The summed E-state index contributed by atoms with van der Waals surface area (Å²) in [7, 11) is -2.59. The van der Waals surface area contributed by atoms with Crippen molar-refractivity contribution in [3.8, 4) is 5.75 Å². The van der Waals surface area contributed by atoms with E-state index in [1.54, 1.807) is 0 Å². The zero-order chi connectivity index (χ0) is 18.1. The number of methoxy groups -OCH3 is 1. The number of anilines is 1. The number of primary amides is 1. The molecule has 128 valence electrons. The van der Waals surface area contributed by atoms with E-state index in [2.05, 4.69) is 4.72 Å². The monoisotopic (exact) mass is 352 g/mol. The van der Waals surface area contributed by atoms with Gasteiger partial charge in [0.05, 0.1) is 17.6 Å². The average Bonchev–Trinajstić information content (AvgIpc) is 2.83. The number of rotatable bonds is 6. The number of sulfonamides is 1. The molecule has 1 heterocycles. The number of carbonyl (C=O) groups excluding carboxylic acids is 2. The Labute approximate surface area is 138 Å². The first-order valence-corrected chi connectivity index (χ1v) is 8.26. The maximum Gasteiger partial charge on any atom is 0.264 e. The second kappa shape index (κ2) is 6.36. The Morgan fingerprint density at radius 3 is 2.21 bits per heavy atom. The van der Waals surface area contributed by atoms with Gasteiger partial charge in [-0.25, -0.2) is 13.1 Å². The van der Waals surface area contributed by atoms with Gasteiger partial charge in [-0.2, -0.15) is 0 Å². The maximum atomic E-state index is 12.4. The quantitative estimate of drug-likeness (QED) is 0.761. The number of Topliss-reactive ketones (excluding diaryl/α,β-unsaturated/α-hetero) is 1. The minimum Gasteiger partial charge on any atom is -0.497 e. The van der Waals surface area contributed by atoms with Crippen LogP contribution in [0.4, 0.5) is 5.88 Å². The molecule has 0 atom stereocenters. The number of aryl methyl sites for hydroxylation is 1. The molecule has 0 fully saturated rings. The molecule has 0 aliphatic rings. The summed E-state index contributed by atoms with van der Waals surface area (Å²) < 4.78 is 37.2. The highest BCUT2D eigenvalue weighted by Crippen LogP contribution is 2.29. The molecular formula is C15H16N2O6S. The van der Waals surface area contributed by atoms with Crippen LogP contribution in [0.1, 0.15) is 33.4 Å². The third kappa shape index (κ3) is 3.25. The third-order valence-electron chi connectivity index (χ3n) is 3.28. The number of benzene rings is 1. The highest BCUT2D eigenvalue weighted by Gasteiger charge is 2.28. The number of hydrogen-bond acceptors (Lipinski definition) is 6. The second-order valence-corrected chi connectivity index (χ2v) is 6.62. The van der Waals surface area contributed by atoms with Gasteiger partial charge < -0.3 is 14.9 Å². The number of furan rings is 1. The molecule has 0 bridgehead atoms. The molecule has 1 aromatic carbocycles. The van der Waals surface area contributed by atoms with E-state index in [0.29, 0.717) is 5.75 Å².